The highest BCUT2D eigenvalue weighted by Gasteiger charge is 2.27. The molecule has 0 saturated carbocycles. The molecule has 2 heteroatoms. The van der Waals surface area contributed by atoms with Crippen LogP contribution in [-0.4, -0.2) is 6.04 Å². The van der Waals surface area contributed by atoms with Crippen molar-refractivity contribution < 1.29 is 4.39 Å². The monoisotopic (exact) mass is 233 g/mol. The van der Waals surface area contributed by atoms with Gasteiger partial charge in [-0.2, -0.15) is 0 Å². The highest BCUT2D eigenvalue weighted by atomic mass is 19.1. The molecule has 1 atom stereocenters. The minimum absolute atomic E-state index is 0.0290. The van der Waals surface area contributed by atoms with Gasteiger partial charge in [0.2, 0.25) is 0 Å². The fraction of sp³-hybridized carbons (Fsp3) is 0.467. The number of unbranched alkanes of at least 4 members (excludes halogenated alkanes) is 1. The van der Waals surface area contributed by atoms with Crippen molar-refractivity contribution in [2.24, 2.45) is 5.73 Å². The zero-order valence-electron chi connectivity index (χ0n) is 10.5. The van der Waals surface area contributed by atoms with E-state index in [-0.39, 0.29) is 17.3 Å². The molecule has 1 unspecified atom stereocenters. The summed E-state index contributed by atoms with van der Waals surface area (Å²) in [6.45, 7) is 4.17. The van der Waals surface area contributed by atoms with Crippen molar-refractivity contribution in [2.75, 3.05) is 0 Å². The number of hydrogen-bond acceptors (Lipinski definition) is 1. The number of hydrogen-bond donors (Lipinski definition) is 1. The molecule has 1 nitrogen and oxygen atoms in total. The van der Waals surface area contributed by atoms with Crippen LogP contribution >= 0.6 is 0 Å². The predicted molar refractivity (Wildman–Crippen MR) is 70.1 cm³/mol. The maximum absolute atomic E-state index is 12.9. The number of benzene rings is 1. The van der Waals surface area contributed by atoms with Crippen LogP contribution in [0, 0.1) is 18.2 Å². The molecule has 92 valence electrons. The number of terminal acetylenes is 1. The fourth-order valence-corrected chi connectivity index (χ4v) is 1.88. The van der Waals surface area contributed by atoms with Crippen molar-refractivity contribution in [1.29, 1.82) is 0 Å². The van der Waals surface area contributed by atoms with Crippen LogP contribution in [0.5, 0.6) is 0 Å². The molecule has 0 heterocycles. The summed E-state index contributed by atoms with van der Waals surface area (Å²) in [7, 11) is 0. The molecule has 0 radical (unpaired) electrons. The van der Waals surface area contributed by atoms with E-state index >= 15 is 0 Å². The molecule has 0 fully saturated rings. The lowest BCUT2D eigenvalue weighted by molar-refractivity contribution is 0.382. The van der Waals surface area contributed by atoms with Gasteiger partial charge in [0.25, 0.3) is 0 Å². The van der Waals surface area contributed by atoms with Gasteiger partial charge in [0.15, 0.2) is 0 Å². The zero-order valence-corrected chi connectivity index (χ0v) is 10.5. The Morgan fingerprint density at radius 2 is 1.94 bits per heavy atom. The van der Waals surface area contributed by atoms with Gasteiger partial charge in [0, 0.05) is 17.9 Å². The Hall–Kier alpha value is -1.33. The van der Waals surface area contributed by atoms with E-state index < -0.39 is 0 Å². The zero-order chi connectivity index (χ0) is 12.9. The number of rotatable bonds is 5. The summed E-state index contributed by atoms with van der Waals surface area (Å²) in [6, 6.07) is 6.59. The first-order valence-electron chi connectivity index (χ1n) is 5.93. The molecule has 0 bridgehead atoms. The van der Waals surface area contributed by atoms with Crippen LogP contribution in [0.4, 0.5) is 4.39 Å². The van der Waals surface area contributed by atoms with Crippen molar-refractivity contribution in [1.82, 2.24) is 0 Å². The molecule has 0 saturated heterocycles. The van der Waals surface area contributed by atoms with Gasteiger partial charge in [-0.05, 0) is 30.5 Å². The molecule has 0 aliphatic carbocycles. The van der Waals surface area contributed by atoms with Gasteiger partial charge in [-0.3, -0.25) is 0 Å². The van der Waals surface area contributed by atoms with Gasteiger partial charge >= 0.3 is 0 Å². The van der Waals surface area contributed by atoms with Crippen LogP contribution in [0.15, 0.2) is 24.3 Å². The molecule has 0 amide bonds. The van der Waals surface area contributed by atoms with Crippen molar-refractivity contribution in [3.05, 3.63) is 35.6 Å². The van der Waals surface area contributed by atoms with Gasteiger partial charge in [0.05, 0.1) is 0 Å². The Balaban J connectivity index is 2.72. The van der Waals surface area contributed by atoms with E-state index in [1.165, 1.54) is 12.1 Å². The summed E-state index contributed by atoms with van der Waals surface area (Å²) in [6.07, 6.45) is 7.79. The van der Waals surface area contributed by atoms with E-state index in [4.69, 9.17) is 12.2 Å². The van der Waals surface area contributed by atoms with Crippen LogP contribution in [0.25, 0.3) is 0 Å². The van der Waals surface area contributed by atoms with Crippen molar-refractivity contribution >= 4 is 0 Å². The van der Waals surface area contributed by atoms with Gasteiger partial charge in [-0.25, -0.2) is 4.39 Å². The third kappa shape index (κ3) is 3.57. The first kappa shape index (κ1) is 13.7. The molecule has 0 aliphatic heterocycles. The van der Waals surface area contributed by atoms with Crippen molar-refractivity contribution in [2.45, 2.75) is 44.6 Å². The lowest BCUT2D eigenvalue weighted by Gasteiger charge is -2.32. The quantitative estimate of drug-likeness (QED) is 0.613. The van der Waals surface area contributed by atoms with Crippen LogP contribution in [0.3, 0.4) is 0 Å². The maximum atomic E-state index is 12.9. The summed E-state index contributed by atoms with van der Waals surface area (Å²) in [4.78, 5) is 0. The third-order valence-corrected chi connectivity index (χ3v) is 3.35. The van der Waals surface area contributed by atoms with E-state index in [1.807, 2.05) is 0 Å². The first-order valence-corrected chi connectivity index (χ1v) is 5.93. The minimum atomic E-state index is -0.217. The lowest BCUT2D eigenvalue weighted by atomic mass is 9.76. The van der Waals surface area contributed by atoms with E-state index in [9.17, 15) is 4.39 Å². The molecule has 17 heavy (non-hydrogen) atoms. The smallest absolute Gasteiger partial charge is 0.123 e. The number of halogens is 1. The van der Waals surface area contributed by atoms with E-state index in [2.05, 4.69) is 19.8 Å². The largest absolute Gasteiger partial charge is 0.327 e. The highest BCUT2D eigenvalue weighted by Crippen LogP contribution is 2.28. The van der Waals surface area contributed by atoms with Gasteiger partial charge < -0.3 is 5.73 Å². The molecule has 1 aromatic rings. The third-order valence-electron chi connectivity index (χ3n) is 3.35. The van der Waals surface area contributed by atoms with E-state index in [1.54, 1.807) is 12.1 Å². The normalized spacial score (nSPS) is 13.1. The fourth-order valence-electron chi connectivity index (χ4n) is 1.88. The Kier molecular flexibility index (Phi) is 4.72. The van der Waals surface area contributed by atoms with Crippen LogP contribution in [0.2, 0.25) is 0 Å². The van der Waals surface area contributed by atoms with Gasteiger partial charge in [-0.1, -0.05) is 26.0 Å². The van der Waals surface area contributed by atoms with E-state index in [0.717, 1.165) is 24.8 Å². The average molecular weight is 233 g/mol. The highest BCUT2D eigenvalue weighted by molar-refractivity contribution is 5.26. The van der Waals surface area contributed by atoms with Gasteiger partial charge in [0.1, 0.15) is 5.82 Å². The molecule has 1 aromatic carbocycles. The summed E-state index contributed by atoms with van der Waals surface area (Å²) >= 11 is 0. The Labute approximate surface area is 103 Å². The second-order valence-corrected chi connectivity index (χ2v) is 4.93. The minimum Gasteiger partial charge on any atom is -0.327 e. The Morgan fingerprint density at radius 1 is 1.35 bits per heavy atom. The van der Waals surface area contributed by atoms with Crippen molar-refractivity contribution in [3.8, 4) is 12.3 Å². The molecule has 0 aliphatic rings. The molecule has 2 N–H and O–H groups in total. The topological polar surface area (TPSA) is 26.0 Å². The predicted octanol–water partition coefficient (Wildman–Crippen LogP) is 3.23. The van der Waals surface area contributed by atoms with E-state index in [0.29, 0.717) is 0 Å². The Bertz CT molecular complexity index is 386. The number of nitrogens with two attached hydrogens (primary N) is 1. The van der Waals surface area contributed by atoms with Crippen LogP contribution in [-0.2, 0) is 5.41 Å². The van der Waals surface area contributed by atoms with Gasteiger partial charge in [-0.15, -0.1) is 12.3 Å². The molecule has 1 rings (SSSR count). The SMILES string of the molecule is C#CCCCC(N)C(C)(C)c1ccc(F)cc1. The summed E-state index contributed by atoms with van der Waals surface area (Å²) in [5.41, 5.74) is 7.10. The molecular weight excluding hydrogens is 213 g/mol. The average Bonchev–Trinajstić information content (AvgIpc) is 2.29. The summed E-state index contributed by atoms with van der Waals surface area (Å²) in [5, 5.41) is 0. The molecule has 0 spiro atoms. The maximum Gasteiger partial charge on any atom is 0.123 e. The summed E-state index contributed by atoms with van der Waals surface area (Å²) < 4.78 is 12.9. The molecule has 0 aromatic heterocycles. The second kappa shape index (κ2) is 5.84. The Morgan fingerprint density at radius 3 is 2.47 bits per heavy atom. The van der Waals surface area contributed by atoms with Crippen LogP contribution < -0.4 is 5.73 Å². The molecular formula is C15H20FN. The van der Waals surface area contributed by atoms with Crippen LogP contribution in [0.1, 0.15) is 38.7 Å². The lowest BCUT2D eigenvalue weighted by Crippen LogP contribution is -2.40. The first-order chi connectivity index (χ1) is 7.98. The van der Waals surface area contributed by atoms with Crippen molar-refractivity contribution in [3.63, 3.8) is 0 Å². The summed E-state index contributed by atoms with van der Waals surface area (Å²) in [5.74, 6) is 2.40. The standard InChI is InChI=1S/C15H20FN/c1-4-5-6-7-14(17)15(2,3)12-8-10-13(16)11-9-12/h1,8-11,14H,5-7,17H2,2-3H3. The second-order valence-electron chi connectivity index (χ2n) is 4.93.